The number of phenols is 1. The number of fused-ring (bicyclic) bond motifs is 1. The molecule has 0 spiro atoms. The zero-order chi connectivity index (χ0) is 17.2. The summed E-state index contributed by atoms with van der Waals surface area (Å²) < 4.78 is 1.63. The highest BCUT2D eigenvalue weighted by atomic mass is 16.3. The third-order valence-electron chi connectivity index (χ3n) is 3.87. The molecule has 122 valence electrons. The van der Waals surface area contributed by atoms with E-state index in [-0.39, 0.29) is 11.7 Å². The van der Waals surface area contributed by atoms with E-state index in [9.17, 15) is 9.90 Å². The molecule has 6 nitrogen and oxygen atoms in total. The predicted molar refractivity (Wildman–Crippen MR) is 94.5 cm³/mol. The predicted octanol–water partition coefficient (Wildman–Crippen LogP) is 3.35. The van der Waals surface area contributed by atoms with E-state index >= 15 is 0 Å². The van der Waals surface area contributed by atoms with Gasteiger partial charge in [-0.15, -0.1) is 0 Å². The fourth-order valence-corrected chi connectivity index (χ4v) is 2.65. The van der Waals surface area contributed by atoms with Gasteiger partial charge in [0.05, 0.1) is 17.6 Å². The van der Waals surface area contributed by atoms with Crippen LogP contribution >= 0.6 is 0 Å². The van der Waals surface area contributed by atoms with E-state index in [2.05, 4.69) is 15.4 Å². The minimum Gasteiger partial charge on any atom is -0.506 e. The van der Waals surface area contributed by atoms with Crippen molar-refractivity contribution >= 4 is 17.2 Å². The van der Waals surface area contributed by atoms with Crippen LogP contribution in [-0.4, -0.2) is 25.6 Å². The zero-order valence-electron chi connectivity index (χ0n) is 13.1. The number of nitrogens with zero attached hydrogens (tertiary/aromatic N) is 3. The van der Waals surface area contributed by atoms with Crippen LogP contribution in [0.4, 0.5) is 5.69 Å². The molecule has 2 aromatic heterocycles. The van der Waals surface area contributed by atoms with Crippen LogP contribution in [0.25, 0.3) is 16.9 Å². The van der Waals surface area contributed by atoms with E-state index in [0.717, 1.165) is 11.3 Å². The van der Waals surface area contributed by atoms with Crippen LogP contribution in [0.2, 0.25) is 0 Å². The van der Waals surface area contributed by atoms with Crippen molar-refractivity contribution in [1.29, 1.82) is 0 Å². The van der Waals surface area contributed by atoms with Gasteiger partial charge in [0.15, 0.2) is 5.65 Å². The third kappa shape index (κ3) is 2.70. The Morgan fingerprint density at radius 2 is 1.76 bits per heavy atom. The highest BCUT2D eigenvalue weighted by Gasteiger charge is 2.17. The number of para-hydroxylation sites is 2. The molecule has 0 fully saturated rings. The molecule has 4 aromatic rings. The number of benzene rings is 2. The molecule has 0 bridgehead atoms. The summed E-state index contributed by atoms with van der Waals surface area (Å²) in [7, 11) is 0. The second-order valence-electron chi connectivity index (χ2n) is 5.46. The van der Waals surface area contributed by atoms with Gasteiger partial charge in [-0.3, -0.25) is 4.79 Å². The van der Waals surface area contributed by atoms with E-state index in [1.54, 1.807) is 28.9 Å². The number of anilines is 1. The monoisotopic (exact) mass is 330 g/mol. The number of hydrogen-bond donors (Lipinski definition) is 2. The molecule has 0 radical (unpaired) electrons. The molecule has 0 saturated carbocycles. The average Bonchev–Trinajstić information content (AvgIpc) is 3.08. The maximum absolute atomic E-state index is 12.6. The Kier molecular flexibility index (Phi) is 3.63. The number of hydrogen-bond acceptors (Lipinski definition) is 4. The SMILES string of the molecule is O=C(Nc1ccccc1O)c1cnn2c(-c3ccccc3)ccnc12. The summed E-state index contributed by atoms with van der Waals surface area (Å²) in [6.07, 6.45) is 3.13. The van der Waals surface area contributed by atoms with Gasteiger partial charge in [-0.25, -0.2) is 9.50 Å². The minimum absolute atomic E-state index is 0.00487. The summed E-state index contributed by atoms with van der Waals surface area (Å²) in [5.41, 5.74) is 2.94. The van der Waals surface area contributed by atoms with Crippen molar-refractivity contribution in [2.24, 2.45) is 0 Å². The van der Waals surface area contributed by atoms with Gasteiger partial charge >= 0.3 is 0 Å². The lowest BCUT2D eigenvalue weighted by molar-refractivity contribution is 0.102. The second-order valence-corrected chi connectivity index (χ2v) is 5.46. The van der Waals surface area contributed by atoms with Crippen LogP contribution < -0.4 is 5.32 Å². The Morgan fingerprint density at radius 1 is 1.00 bits per heavy atom. The zero-order valence-corrected chi connectivity index (χ0v) is 13.1. The molecule has 2 N–H and O–H groups in total. The topological polar surface area (TPSA) is 79.5 Å². The molecular weight excluding hydrogens is 316 g/mol. The molecule has 4 rings (SSSR count). The number of amides is 1. The summed E-state index contributed by atoms with van der Waals surface area (Å²) >= 11 is 0. The number of nitrogens with one attached hydrogen (secondary N) is 1. The first-order valence-electron chi connectivity index (χ1n) is 7.71. The third-order valence-corrected chi connectivity index (χ3v) is 3.87. The van der Waals surface area contributed by atoms with Gasteiger partial charge < -0.3 is 10.4 Å². The fraction of sp³-hybridized carbons (Fsp3) is 0. The van der Waals surface area contributed by atoms with E-state index in [0.29, 0.717) is 16.9 Å². The highest BCUT2D eigenvalue weighted by molar-refractivity contribution is 6.08. The number of carbonyl (C=O) groups excluding carboxylic acids is 1. The van der Waals surface area contributed by atoms with Crippen molar-refractivity contribution in [1.82, 2.24) is 14.6 Å². The normalized spacial score (nSPS) is 10.7. The highest BCUT2D eigenvalue weighted by Crippen LogP contribution is 2.24. The van der Waals surface area contributed by atoms with Crippen LogP contribution in [0.15, 0.2) is 73.1 Å². The lowest BCUT2D eigenvalue weighted by Crippen LogP contribution is -2.12. The molecule has 0 unspecified atom stereocenters. The van der Waals surface area contributed by atoms with Gasteiger partial charge in [0.25, 0.3) is 5.91 Å². The van der Waals surface area contributed by atoms with Gasteiger partial charge in [-0.05, 0) is 18.2 Å². The first-order valence-corrected chi connectivity index (χ1v) is 7.71. The number of carbonyl (C=O) groups is 1. The van der Waals surface area contributed by atoms with Gasteiger partial charge in [-0.1, -0.05) is 42.5 Å². The van der Waals surface area contributed by atoms with Crippen molar-refractivity contribution in [2.45, 2.75) is 0 Å². The van der Waals surface area contributed by atoms with E-state index < -0.39 is 0 Å². The largest absolute Gasteiger partial charge is 0.506 e. The molecular formula is C19H14N4O2. The summed E-state index contributed by atoms with van der Waals surface area (Å²) in [6, 6.07) is 18.2. The number of phenolic OH excluding ortho intramolecular Hbond substituents is 1. The van der Waals surface area contributed by atoms with Crippen LogP contribution in [0, 0.1) is 0 Å². The lowest BCUT2D eigenvalue weighted by Gasteiger charge is -2.07. The Morgan fingerprint density at radius 3 is 2.56 bits per heavy atom. The summed E-state index contributed by atoms with van der Waals surface area (Å²) in [6.45, 7) is 0. The van der Waals surface area contributed by atoms with Gasteiger partial charge in [0.1, 0.15) is 11.3 Å². The van der Waals surface area contributed by atoms with Crippen molar-refractivity contribution in [3.63, 3.8) is 0 Å². The van der Waals surface area contributed by atoms with Crippen LogP contribution in [0.5, 0.6) is 5.75 Å². The van der Waals surface area contributed by atoms with Crippen molar-refractivity contribution < 1.29 is 9.90 Å². The second kappa shape index (κ2) is 6.09. The van der Waals surface area contributed by atoms with Crippen molar-refractivity contribution in [3.8, 4) is 17.0 Å². The van der Waals surface area contributed by atoms with Crippen molar-refractivity contribution in [2.75, 3.05) is 5.32 Å². The molecule has 0 aliphatic rings. The smallest absolute Gasteiger partial charge is 0.261 e. The molecule has 1 amide bonds. The van der Waals surface area contributed by atoms with E-state index in [1.165, 1.54) is 12.3 Å². The summed E-state index contributed by atoms with van der Waals surface area (Å²) in [4.78, 5) is 16.9. The van der Waals surface area contributed by atoms with Crippen LogP contribution in [0.1, 0.15) is 10.4 Å². The molecule has 6 heteroatoms. The molecule has 0 saturated heterocycles. The molecule has 0 aliphatic carbocycles. The maximum Gasteiger partial charge on any atom is 0.261 e. The Labute approximate surface area is 143 Å². The van der Waals surface area contributed by atoms with E-state index in [1.807, 2.05) is 36.4 Å². The molecule has 2 aromatic carbocycles. The summed E-state index contributed by atoms with van der Waals surface area (Å²) in [5.74, 6) is -0.375. The van der Waals surface area contributed by atoms with Gasteiger partial charge in [0.2, 0.25) is 0 Å². The minimum atomic E-state index is -0.380. The quantitative estimate of drug-likeness (QED) is 0.565. The fourth-order valence-electron chi connectivity index (χ4n) is 2.65. The number of rotatable bonds is 3. The maximum atomic E-state index is 12.6. The van der Waals surface area contributed by atoms with Crippen molar-refractivity contribution in [3.05, 3.63) is 78.6 Å². The average molecular weight is 330 g/mol. The van der Waals surface area contributed by atoms with Gasteiger partial charge in [-0.2, -0.15) is 5.10 Å². The van der Waals surface area contributed by atoms with Crippen LogP contribution in [-0.2, 0) is 0 Å². The Hall–Kier alpha value is -3.67. The lowest BCUT2D eigenvalue weighted by atomic mass is 10.1. The molecule has 0 aliphatic heterocycles. The Balaban J connectivity index is 1.75. The Bertz CT molecular complexity index is 1060. The summed E-state index contributed by atoms with van der Waals surface area (Å²) in [5, 5.41) is 16.8. The molecule has 25 heavy (non-hydrogen) atoms. The number of aromatic hydroxyl groups is 1. The standard InChI is InChI=1S/C19H14N4O2/c24-17-9-5-4-8-15(17)22-19(25)14-12-21-23-16(10-11-20-18(14)23)13-6-2-1-3-7-13/h1-12,24H,(H,22,25). The molecule has 0 atom stereocenters. The number of aromatic nitrogens is 3. The molecule has 2 heterocycles. The van der Waals surface area contributed by atoms with Crippen LogP contribution in [0.3, 0.4) is 0 Å². The van der Waals surface area contributed by atoms with E-state index in [4.69, 9.17) is 0 Å². The first kappa shape index (κ1) is 14.9. The first-order chi connectivity index (χ1) is 12.2. The van der Waals surface area contributed by atoms with Gasteiger partial charge in [0, 0.05) is 11.8 Å².